The van der Waals surface area contributed by atoms with Crippen LogP contribution in [0.15, 0.2) is 36.4 Å². The van der Waals surface area contributed by atoms with Gasteiger partial charge in [0.1, 0.15) is 11.3 Å². The van der Waals surface area contributed by atoms with Crippen LogP contribution in [-0.2, 0) is 6.18 Å². The minimum Gasteiger partial charge on any atom is -0.481 e. The number of pyridine rings is 1. The molecular weight excluding hydrogens is 357 g/mol. The number of nitrogens with zero attached hydrogens (tertiary/aromatic N) is 4. The van der Waals surface area contributed by atoms with Crippen LogP contribution in [0.4, 0.5) is 13.2 Å². The van der Waals surface area contributed by atoms with Crippen molar-refractivity contribution in [2.24, 2.45) is 0 Å². The van der Waals surface area contributed by atoms with E-state index in [1.54, 1.807) is 36.4 Å². The molecule has 0 bridgehead atoms. The zero-order valence-corrected chi connectivity index (χ0v) is 14.8. The highest BCUT2D eigenvalue weighted by Gasteiger charge is 2.34. The molecule has 0 N–H and O–H groups in total. The molecule has 3 aromatic heterocycles. The Labute approximate surface area is 152 Å². The van der Waals surface area contributed by atoms with Gasteiger partial charge in [0, 0.05) is 11.6 Å². The first-order valence-corrected chi connectivity index (χ1v) is 8.18. The number of ether oxygens (including phenoxy) is 1. The zero-order chi connectivity index (χ0) is 19.3. The van der Waals surface area contributed by atoms with Crippen LogP contribution in [-0.4, -0.2) is 26.5 Å². The first-order chi connectivity index (χ1) is 12.8. The van der Waals surface area contributed by atoms with Gasteiger partial charge in [0.2, 0.25) is 5.88 Å². The first-order valence-electron chi connectivity index (χ1n) is 8.18. The summed E-state index contributed by atoms with van der Waals surface area (Å²) in [6, 6.07) is 8.78. The number of aromatic nitrogens is 4. The van der Waals surface area contributed by atoms with E-state index < -0.39 is 11.7 Å². The van der Waals surface area contributed by atoms with Crippen LogP contribution in [0.2, 0.25) is 0 Å². The summed E-state index contributed by atoms with van der Waals surface area (Å²) < 4.78 is 47.5. The van der Waals surface area contributed by atoms with E-state index in [2.05, 4.69) is 15.0 Å². The summed E-state index contributed by atoms with van der Waals surface area (Å²) in [6.07, 6.45) is -4.50. The summed E-state index contributed by atoms with van der Waals surface area (Å²) in [5.41, 5.74) is 2.06. The molecule has 138 valence electrons. The van der Waals surface area contributed by atoms with Gasteiger partial charge in [-0.3, -0.25) is 4.40 Å². The second-order valence-electron chi connectivity index (χ2n) is 6.14. The molecule has 0 saturated heterocycles. The maximum Gasteiger partial charge on any atom is 0.417 e. The fraction of sp³-hybridized carbons (Fsp3) is 0.211. The average molecular weight is 372 g/mol. The lowest BCUT2D eigenvalue weighted by atomic mass is 10.1. The summed E-state index contributed by atoms with van der Waals surface area (Å²) in [5.74, 6) is 0.516. The summed E-state index contributed by atoms with van der Waals surface area (Å²) in [7, 11) is 1.48. The average Bonchev–Trinajstić information content (AvgIpc) is 2.99. The smallest absolute Gasteiger partial charge is 0.417 e. The number of methoxy groups -OCH3 is 1. The molecule has 0 aliphatic carbocycles. The Morgan fingerprint density at radius 1 is 0.926 bits per heavy atom. The molecule has 0 saturated carbocycles. The van der Waals surface area contributed by atoms with Gasteiger partial charge in [-0.1, -0.05) is 18.2 Å². The van der Waals surface area contributed by atoms with E-state index in [1.165, 1.54) is 19.2 Å². The van der Waals surface area contributed by atoms with E-state index in [0.717, 1.165) is 6.07 Å². The molecule has 5 nitrogen and oxygen atoms in total. The second kappa shape index (κ2) is 5.94. The van der Waals surface area contributed by atoms with E-state index >= 15 is 0 Å². The van der Waals surface area contributed by atoms with Gasteiger partial charge in [-0.25, -0.2) is 9.97 Å². The van der Waals surface area contributed by atoms with Crippen molar-refractivity contribution in [1.82, 2.24) is 19.4 Å². The largest absolute Gasteiger partial charge is 0.481 e. The van der Waals surface area contributed by atoms with E-state index in [1.807, 2.05) is 0 Å². The van der Waals surface area contributed by atoms with Crippen LogP contribution in [0.25, 0.3) is 28.1 Å². The number of benzene rings is 1. The third kappa shape index (κ3) is 2.68. The van der Waals surface area contributed by atoms with Gasteiger partial charge < -0.3 is 4.74 Å². The lowest BCUT2D eigenvalue weighted by Crippen LogP contribution is -2.08. The Morgan fingerprint density at radius 2 is 1.63 bits per heavy atom. The Morgan fingerprint density at radius 3 is 2.33 bits per heavy atom. The molecule has 0 aliphatic rings. The van der Waals surface area contributed by atoms with Gasteiger partial charge in [0.25, 0.3) is 0 Å². The quantitative estimate of drug-likeness (QED) is 0.516. The van der Waals surface area contributed by atoms with Gasteiger partial charge in [-0.2, -0.15) is 18.2 Å². The Balaban J connectivity index is 2.18. The van der Waals surface area contributed by atoms with Crippen LogP contribution in [0, 0.1) is 13.8 Å². The number of aryl methyl sites for hydroxylation is 2. The van der Waals surface area contributed by atoms with Crippen molar-refractivity contribution in [3.8, 4) is 17.3 Å². The van der Waals surface area contributed by atoms with Crippen molar-refractivity contribution in [1.29, 1.82) is 0 Å². The lowest BCUT2D eigenvalue weighted by Gasteiger charge is -2.13. The summed E-state index contributed by atoms with van der Waals surface area (Å²) in [6.45, 7) is 3.54. The van der Waals surface area contributed by atoms with Crippen molar-refractivity contribution in [3.63, 3.8) is 0 Å². The molecule has 1 aromatic carbocycles. The van der Waals surface area contributed by atoms with Crippen LogP contribution in [0.5, 0.6) is 5.88 Å². The highest BCUT2D eigenvalue weighted by molar-refractivity contribution is 5.82. The number of hydrogen-bond acceptors (Lipinski definition) is 4. The molecule has 0 atom stereocenters. The number of fused-ring (bicyclic) bond motifs is 3. The number of halogens is 3. The van der Waals surface area contributed by atoms with Gasteiger partial charge in [-0.15, -0.1) is 0 Å². The van der Waals surface area contributed by atoms with Crippen molar-refractivity contribution in [2.45, 2.75) is 20.0 Å². The molecule has 3 heterocycles. The maximum absolute atomic E-state index is 13.6. The molecule has 8 heteroatoms. The molecule has 0 fully saturated rings. The molecule has 27 heavy (non-hydrogen) atoms. The zero-order valence-electron chi connectivity index (χ0n) is 14.8. The van der Waals surface area contributed by atoms with Crippen molar-refractivity contribution in [3.05, 3.63) is 53.3 Å². The third-order valence-electron chi connectivity index (χ3n) is 4.41. The standard InChI is InChI=1S/C19H15F3N4O/c1-10-16-11(2)24-17(12-6-4-5-7-13(12)19(20,21)22)26(16)18-14(23-10)8-9-15(25-18)27-3/h4-9H,1-3H3. The topological polar surface area (TPSA) is 52.3 Å². The SMILES string of the molecule is COc1ccc2nc(C)c3c(C)nc(-c4ccccc4C(F)(F)F)n3c2n1. The van der Waals surface area contributed by atoms with Crippen LogP contribution in [0.3, 0.4) is 0 Å². The van der Waals surface area contributed by atoms with Crippen LogP contribution >= 0.6 is 0 Å². The monoisotopic (exact) mass is 372 g/mol. The van der Waals surface area contributed by atoms with Crippen molar-refractivity contribution in [2.75, 3.05) is 7.11 Å². The summed E-state index contributed by atoms with van der Waals surface area (Å²) in [4.78, 5) is 13.4. The normalized spacial score (nSPS) is 12.1. The number of rotatable bonds is 2. The van der Waals surface area contributed by atoms with Gasteiger partial charge >= 0.3 is 6.18 Å². The second-order valence-corrected chi connectivity index (χ2v) is 6.14. The Kier molecular flexibility index (Phi) is 3.80. The molecule has 0 amide bonds. The highest BCUT2D eigenvalue weighted by Crippen LogP contribution is 2.38. The fourth-order valence-electron chi connectivity index (χ4n) is 3.29. The predicted molar refractivity (Wildman–Crippen MR) is 94.8 cm³/mol. The van der Waals surface area contributed by atoms with Crippen molar-refractivity contribution >= 4 is 16.7 Å². The lowest BCUT2D eigenvalue weighted by molar-refractivity contribution is -0.137. The number of hydrogen-bond donors (Lipinski definition) is 0. The number of imidazole rings is 1. The summed E-state index contributed by atoms with van der Waals surface area (Å²) in [5, 5.41) is 0. The molecule has 4 rings (SSSR count). The van der Waals surface area contributed by atoms with Crippen LogP contribution < -0.4 is 4.74 Å². The minimum atomic E-state index is -4.50. The number of alkyl halides is 3. The Hall–Kier alpha value is -3.16. The first kappa shape index (κ1) is 17.3. The molecule has 4 aromatic rings. The molecule has 0 aliphatic heterocycles. The van der Waals surface area contributed by atoms with E-state index in [-0.39, 0.29) is 11.4 Å². The maximum atomic E-state index is 13.6. The molecular formula is C19H15F3N4O. The van der Waals surface area contributed by atoms with E-state index in [9.17, 15) is 13.2 Å². The fourth-order valence-corrected chi connectivity index (χ4v) is 3.29. The van der Waals surface area contributed by atoms with Crippen LogP contribution in [0.1, 0.15) is 17.0 Å². The third-order valence-corrected chi connectivity index (χ3v) is 4.41. The van der Waals surface area contributed by atoms with Gasteiger partial charge in [0.15, 0.2) is 5.65 Å². The molecule has 0 radical (unpaired) electrons. The van der Waals surface area contributed by atoms with Crippen molar-refractivity contribution < 1.29 is 17.9 Å². The van der Waals surface area contributed by atoms with E-state index in [0.29, 0.717) is 33.9 Å². The molecule has 0 unspecified atom stereocenters. The molecule has 0 spiro atoms. The van der Waals surface area contributed by atoms with Gasteiger partial charge in [0.05, 0.1) is 29.6 Å². The van der Waals surface area contributed by atoms with E-state index in [4.69, 9.17) is 4.74 Å². The Bertz CT molecular complexity index is 1180. The highest BCUT2D eigenvalue weighted by atomic mass is 19.4. The predicted octanol–water partition coefficient (Wildman–Crippen LogP) is 4.59. The minimum absolute atomic E-state index is 0.00961. The summed E-state index contributed by atoms with van der Waals surface area (Å²) >= 11 is 0. The van der Waals surface area contributed by atoms with Gasteiger partial charge in [-0.05, 0) is 26.0 Å².